The number of thioether (sulfide) groups is 1. The van der Waals surface area contributed by atoms with E-state index in [2.05, 4.69) is 183 Å². The van der Waals surface area contributed by atoms with Crippen LogP contribution >= 0.6 is 11.8 Å². The molecule has 8 aromatic rings. The van der Waals surface area contributed by atoms with Crippen LogP contribution in [0.3, 0.4) is 0 Å². The van der Waals surface area contributed by atoms with Crippen LogP contribution in [0.5, 0.6) is 0 Å². The number of nitrogens with zero attached hydrogens (tertiary/aromatic N) is 1. The second-order valence-corrected chi connectivity index (χ2v) is 15.9. The lowest BCUT2D eigenvalue weighted by molar-refractivity contribution is 0.657. The predicted octanol–water partition coefficient (Wildman–Crippen LogP) is 13.6. The molecule has 11 rings (SSSR count). The Morgan fingerprint density at radius 1 is 0.654 bits per heavy atom. The summed E-state index contributed by atoms with van der Waals surface area (Å²) in [6.45, 7) is 4.79. The summed E-state index contributed by atoms with van der Waals surface area (Å²) in [4.78, 5) is 3.92. The van der Waals surface area contributed by atoms with Crippen molar-refractivity contribution in [2.24, 2.45) is 0 Å². The van der Waals surface area contributed by atoms with E-state index in [4.69, 9.17) is 4.42 Å². The molecule has 1 unspecified atom stereocenters. The number of anilines is 2. The molecule has 0 fully saturated rings. The van der Waals surface area contributed by atoms with Crippen molar-refractivity contribution in [3.05, 3.63) is 186 Å². The number of para-hydroxylation sites is 1. The van der Waals surface area contributed by atoms with Gasteiger partial charge in [-0.2, -0.15) is 0 Å². The first-order valence-electron chi connectivity index (χ1n) is 18.2. The van der Waals surface area contributed by atoms with E-state index in [0.29, 0.717) is 5.92 Å². The predicted molar refractivity (Wildman–Crippen MR) is 219 cm³/mol. The third-order valence-electron chi connectivity index (χ3n) is 11.6. The summed E-state index contributed by atoms with van der Waals surface area (Å²) in [6.07, 6.45) is 7.00. The molecule has 2 aliphatic carbocycles. The second-order valence-electron chi connectivity index (χ2n) is 14.8. The quantitative estimate of drug-likeness (QED) is 0.183. The Morgan fingerprint density at radius 2 is 1.40 bits per heavy atom. The van der Waals surface area contributed by atoms with Crippen LogP contribution in [0, 0.1) is 0 Å². The van der Waals surface area contributed by atoms with Gasteiger partial charge < -0.3 is 9.32 Å². The lowest BCUT2D eigenvalue weighted by atomic mass is 9.79. The molecule has 1 aromatic heterocycles. The fraction of sp³-hybridized carbons (Fsp3) is 0.102. The van der Waals surface area contributed by atoms with Crippen molar-refractivity contribution in [2.45, 2.75) is 35.3 Å². The normalized spacial score (nSPS) is 17.9. The van der Waals surface area contributed by atoms with Crippen molar-refractivity contribution in [3.8, 4) is 22.3 Å². The highest BCUT2D eigenvalue weighted by atomic mass is 32.2. The summed E-state index contributed by atoms with van der Waals surface area (Å²) in [7, 11) is 0. The molecule has 0 spiro atoms. The van der Waals surface area contributed by atoms with Gasteiger partial charge in [0.1, 0.15) is 11.2 Å². The largest absolute Gasteiger partial charge is 0.455 e. The van der Waals surface area contributed by atoms with Crippen LogP contribution in [0.25, 0.3) is 55.0 Å². The van der Waals surface area contributed by atoms with Crippen LogP contribution in [0.4, 0.5) is 11.4 Å². The van der Waals surface area contributed by atoms with E-state index < -0.39 is 0 Å². The van der Waals surface area contributed by atoms with Gasteiger partial charge in [-0.3, -0.25) is 0 Å². The molecule has 2 nitrogen and oxygen atoms in total. The van der Waals surface area contributed by atoms with Crippen LogP contribution < -0.4 is 4.90 Å². The zero-order valence-corrected chi connectivity index (χ0v) is 29.8. The lowest BCUT2D eigenvalue weighted by Gasteiger charge is -2.35. The maximum absolute atomic E-state index is 7.09. The molecule has 0 amide bonds. The molecule has 3 aliphatic rings. The SMILES string of the molecule is CC1(C)c2cccc(N(C3=CC=C[C@H]4c5ccccc5SC34)c3ccccc3)c2-c2c1c1ccccc1c1c2oc2ccc(-c3ccccc3)cc21. The summed E-state index contributed by atoms with van der Waals surface area (Å²) < 4.78 is 7.09. The van der Waals surface area contributed by atoms with Gasteiger partial charge in [0, 0.05) is 49.5 Å². The Labute approximate surface area is 307 Å². The summed E-state index contributed by atoms with van der Waals surface area (Å²) in [5, 5.41) is 5.13. The van der Waals surface area contributed by atoms with E-state index in [-0.39, 0.29) is 10.7 Å². The van der Waals surface area contributed by atoms with Gasteiger partial charge in [0.05, 0.1) is 10.9 Å². The maximum atomic E-state index is 7.09. The molecule has 0 radical (unpaired) electrons. The minimum atomic E-state index is -0.257. The molecule has 0 saturated carbocycles. The van der Waals surface area contributed by atoms with Crippen LogP contribution in [0.1, 0.15) is 36.5 Å². The van der Waals surface area contributed by atoms with Gasteiger partial charge in [0.25, 0.3) is 0 Å². The molecule has 0 N–H and O–H groups in total. The van der Waals surface area contributed by atoms with Gasteiger partial charge in [-0.25, -0.2) is 0 Å². The van der Waals surface area contributed by atoms with Crippen LogP contribution in [-0.4, -0.2) is 5.25 Å². The lowest BCUT2D eigenvalue weighted by Crippen LogP contribution is -2.28. The summed E-state index contributed by atoms with van der Waals surface area (Å²) in [5.74, 6) is 0.317. The van der Waals surface area contributed by atoms with E-state index in [1.165, 1.54) is 71.4 Å². The van der Waals surface area contributed by atoms with E-state index in [1.807, 2.05) is 11.8 Å². The second kappa shape index (κ2) is 11.1. The smallest absolute Gasteiger partial charge is 0.144 e. The Kier molecular flexibility index (Phi) is 6.39. The average molecular weight is 686 g/mol. The van der Waals surface area contributed by atoms with Crippen LogP contribution in [0.15, 0.2) is 179 Å². The van der Waals surface area contributed by atoms with Gasteiger partial charge >= 0.3 is 0 Å². The Balaban J connectivity index is 1.21. The van der Waals surface area contributed by atoms with Crippen molar-refractivity contribution < 1.29 is 4.42 Å². The van der Waals surface area contributed by atoms with Gasteiger partial charge in [-0.05, 0) is 81.1 Å². The summed E-state index contributed by atoms with van der Waals surface area (Å²) in [6, 6.07) is 53.1. The topological polar surface area (TPSA) is 16.4 Å². The molecular formula is C49H35NOS. The Hall–Kier alpha value is -5.77. The fourth-order valence-electron chi connectivity index (χ4n) is 9.31. The molecule has 0 bridgehead atoms. The van der Waals surface area contributed by atoms with E-state index in [9.17, 15) is 0 Å². The minimum absolute atomic E-state index is 0.256. The summed E-state index contributed by atoms with van der Waals surface area (Å²) in [5.41, 5.74) is 14.2. The molecule has 248 valence electrons. The third kappa shape index (κ3) is 4.14. The highest BCUT2D eigenvalue weighted by Crippen LogP contribution is 2.60. The van der Waals surface area contributed by atoms with Crippen molar-refractivity contribution in [1.82, 2.24) is 0 Å². The number of hydrogen-bond acceptors (Lipinski definition) is 3. The molecule has 2 heterocycles. The van der Waals surface area contributed by atoms with Gasteiger partial charge in [0.15, 0.2) is 0 Å². The third-order valence-corrected chi connectivity index (χ3v) is 13.0. The van der Waals surface area contributed by atoms with Gasteiger partial charge in [0.2, 0.25) is 0 Å². The highest BCUT2D eigenvalue weighted by Gasteiger charge is 2.44. The van der Waals surface area contributed by atoms with Crippen molar-refractivity contribution >= 4 is 55.8 Å². The van der Waals surface area contributed by atoms with Crippen LogP contribution in [-0.2, 0) is 5.41 Å². The average Bonchev–Trinajstić information content (AvgIpc) is 3.84. The molecule has 1 aliphatic heterocycles. The molecule has 0 saturated heterocycles. The molecule has 52 heavy (non-hydrogen) atoms. The van der Waals surface area contributed by atoms with E-state index >= 15 is 0 Å². The molecule has 2 atom stereocenters. The molecule has 3 heteroatoms. The van der Waals surface area contributed by atoms with Crippen molar-refractivity contribution in [3.63, 3.8) is 0 Å². The first-order valence-corrected chi connectivity index (χ1v) is 19.1. The zero-order chi connectivity index (χ0) is 34.6. The van der Waals surface area contributed by atoms with Crippen molar-refractivity contribution in [2.75, 3.05) is 4.90 Å². The number of benzene rings is 7. The first kappa shape index (κ1) is 29.9. The summed E-state index contributed by atoms with van der Waals surface area (Å²) >= 11 is 1.99. The highest BCUT2D eigenvalue weighted by molar-refractivity contribution is 8.00. The fourth-order valence-corrected chi connectivity index (χ4v) is 10.8. The van der Waals surface area contributed by atoms with Crippen molar-refractivity contribution in [1.29, 1.82) is 0 Å². The number of rotatable bonds is 4. The Morgan fingerprint density at radius 3 is 2.25 bits per heavy atom. The number of furan rings is 1. The zero-order valence-electron chi connectivity index (χ0n) is 29.0. The van der Waals surface area contributed by atoms with Gasteiger partial charge in [-0.1, -0.05) is 135 Å². The Bertz CT molecular complexity index is 2810. The number of hydrogen-bond donors (Lipinski definition) is 0. The monoisotopic (exact) mass is 685 g/mol. The maximum Gasteiger partial charge on any atom is 0.144 e. The first-order chi connectivity index (χ1) is 25.6. The number of allylic oxidation sites excluding steroid dienone is 3. The van der Waals surface area contributed by atoms with E-state index in [0.717, 1.165) is 22.2 Å². The van der Waals surface area contributed by atoms with E-state index in [1.54, 1.807) is 0 Å². The minimum Gasteiger partial charge on any atom is -0.455 e. The number of fused-ring (bicyclic) bond motifs is 13. The molecule has 7 aromatic carbocycles. The van der Waals surface area contributed by atoms with Crippen LogP contribution in [0.2, 0.25) is 0 Å². The standard InChI is InChI=1S/C49H35NOS/c1-49(2)38-23-14-24-39(50(32-17-7-4-8-18-32)40-25-13-22-36-33-19-11-12-26-42(33)52-48(36)40)44(38)45-46(49)35-21-10-9-20-34(35)43-37-29-31(30-15-5-3-6-16-30)27-28-41(37)51-47(43)45/h3-29,36,48H,1-2H3/t36-,48?/m0/s1. The molecular weight excluding hydrogens is 651 g/mol. The van der Waals surface area contributed by atoms with Gasteiger partial charge in [-0.15, -0.1) is 11.8 Å².